The molecule has 26 heavy (non-hydrogen) atoms. The Balaban J connectivity index is -0.000000985. The molecular formula is C18H36N3O4Pd-. The quantitative estimate of drug-likeness (QED) is 0.413. The van der Waals surface area contributed by atoms with Gasteiger partial charge in [-0.05, 0) is 25.9 Å². The molecule has 2 N–H and O–H groups in total. The number of aldehydes is 2. The normalized spacial score (nSPS) is 15.4. The van der Waals surface area contributed by atoms with Crippen molar-refractivity contribution in [2.45, 2.75) is 46.6 Å². The second kappa shape index (κ2) is 16.5. The van der Waals surface area contributed by atoms with Crippen molar-refractivity contribution in [1.82, 2.24) is 9.80 Å². The fraction of sp³-hybridized carbons (Fsp3) is 0.833. The summed E-state index contributed by atoms with van der Waals surface area (Å²) in [5, 5.41) is 7.00. The molecule has 1 heterocycles. The Bertz CT molecular complexity index is 389. The molecule has 1 unspecified atom stereocenters. The van der Waals surface area contributed by atoms with Crippen LogP contribution in [0.3, 0.4) is 0 Å². The van der Waals surface area contributed by atoms with Gasteiger partial charge in [-0.3, -0.25) is 9.69 Å². The van der Waals surface area contributed by atoms with Crippen LogP contribution in [0.25, 0.3) is 5.73 Å². The van der Waals surface area contributed by atoms with Gasteiger partial charge in [-0.15, -0.1) is 6.54 Å². The van der Waals surface area contributed by atoms with Crippen LogP contribution < -0.4 is 0 Å². The Morgan fingerprint density at radius 3 is 2.12 bits per heavy atom. The van der Waals surface area contributed by atoms with Gasteiger partial charge >= 0.3 is 0 Å². The molecule has 1 saturated heterocycles. The predicted octanol–water partition coefficient (Wildman–Crippen LogP) is 1.63. The first-order valence-corrected chi connectivity index (χ1v) is 8.88. The number of nitrogens with one attached hydrogen (secondary N) is 1. The van der Waals surface area contributed by atoms with E-state index < -0.39 is 5.41 Å². The number of aliphatic hydroxyl groups is 1. The number of hydrogen-bond acceptors (Lipinski definition) is 5. The van der Waals surface area contributed by atoms with Gasteiger partial charge in [0.25, 0.3) is 0 Å². The van der Waals surface area contributed by atoms with Gasteiger partial charge in [0, 0.05) is 47.0 Å². The van der Waals surface area contributed by atoms with E-state index in [4.69, 9.17) is 10.8 Å². The summed E-state index contributed by atoms with van der Waals surface area (Å²) in [7, 11) is 2.89. The number of likely N-dealkylation sites (tertiary alicyclic amines) is 1. The number of hydrogen-bond donors (Lipinski definition) is 1. The molecule has 1 aliphatic heterocycles. The maximum absolute atomic E-state index is 11.6. The second-order valence-electron chi connectivity index (χ2n) is 6.33. The first kappa shape index (κ1) is 30.1. The number of carbonyl (C=O) groups is 3. The average Bonchev–Trinajstić information content (AvgIpc) is 2.58. The number of nitrogens with zero attached hydrogens (tertiary/aromatic N) is 2. The summed E-state index contributed by atoms with van der Waals surface area (Å²) in [6.45, 7) is 9.61. The third-order valence-electron chi connectivity index (χ3n) is 4.25. The summed E-state index contributed by atoms with van der Waals surface area (Å²) >= 11 is 0. The van der Waals surface area contributed by atoms with Gasteiger partial charge in [0.15, 0.2) is 0 Å². The molecule has 0 bridgehead atoms. The van der Waals surface area contributed by atoms with Crippen molar-refractivity contribution in [2.75, 3.05) is 40.3 Å². The summed E-state index contributed by atoms with van der Waals surface area (Å²) in [5.41, 5.74) is 6.58. The number of aliphatic hydroxyl groups excluding tert-OH is 1. The average molecular weight is 465 g/mol. The van der Waals surface area contributed by atoms with Crippen molar-refractivity contribution in [1.29, 1.82) is 0 Å². The van der Waals surface area contributed by atoms with E-state index >= 15 is 0 Å². The van der Waals surface area contributed by atoms with Gasteiger partial charge in [-0.25, -0.2) is 0 Å². The first-order chi connectivity index (χ1) is 11.9. The van der Waals surface area contributed by atoms with Crippen molar-refractivity contribution in [3.63, 3.8) is 0 Å². The molecule has 0 spiro atoms. The van der Waals surface area contributed by atoms with Crippen LogP contribution in [0.2, 0.25) is 0 Å². The number of likely N-dealkylation sites (N-methyl/N-ethyl adjacent to an activating group) is 1. The zero-order chi connectivity index (χ0) is 20.0. The van der Waals surface area contributed by atoms with Crippen LogP contribution in [-0.4, -0.2) is 79.8 Å². The molecule has 7 nitrogen and oxygen atoms in total. The van der Waals surface area contributed by atoms with Crippen molar-refractivity contribution in [3.8, 4) is 0 Å². The molecule has 0 aromatic heterocycles. The number of rotatable bonds is 9. The molecule has 0 aliphatic carbocycles. The SMILES string of the molecule is CC.CC(C)C(C=O)N(C)CCC1(C=O)CN(C(=O)CC[NH-])C1.CO.[Pd]. The van der Waals surface area contributed by atoms with E-state index in [-0.39, 0.29) is 51.3 Å². The van der Waals surface area contributed by atoms with Gasteiger partial charge in [-0.1, -0.05) is 27.7 Å². The fourth-order valence-corrected chi connectivity index (χ4v) is 2.76. The fourth-order valence-electron chi connectivity index (χ4n) is 2.76. The smallest absolute Gasteiger partial charge is 0.220 e. The topological polar surface area (TPSA) is 102 Å². The molecule has 1 amide bonds. The van der Waals surface area contributed by atoms with E-state index in [1.807, 2.05) is 39.6 Å². The van der Waals surface area contributed by atoms with Crippen molar-refractivity contribution in [2.24, 2.45) is 11.3 Å². The summed E-state index contributed by atoms with van der Waals surface area (Å²) in [6, 6.07) is -0.144. The van der Waals surface area contributed by atoms with Crippen LogP contribution in [0.1, 0.15) is 40.5 Å². The Labute approximate surface area is 172 Å². The molecule has 1 atom stereocenters. The van der Waals surface area contributed by atoms with E-state index in [1.165, 1.54) is 0 Å². The predicted molar refractivity (Wildman–Crippen MR) is 100 cm³/mol. The Hall–Kier alpha value is -0.648. The molecule has 0 aromatic rings. The van der Waals surface area contributed by atoms with E-state index in [2.05, 4.69) is 0 Å². The minimum absolute atomic E-state index is 0. The zero-order valence-electron chi connectivity index (χ0n) is 16.9. The van der Waals surface area contributed by atoms with Crippen LogP contribution in [0.15, 0.2) is 0 Å². The number of amides is 1. The molecule has 0 aromatic carbocycles. The van der Waals surface area contributed by atoms with Gasteiger partial charge in [-0.2, -0.15) is 0 Å². The minimum atomic E-state index is -0.476. The molecule has 1 fully saturated rings. The summed E-state index contributed by atoms with van der Waals surface area (Å²) in [6.07, 6.45) is 2.75. The van der Waals surface area contributed by atoms with Crippen molar-refractivity contribution >= 4 is 18.5 Å². The zero-order valence-corrected chi connectivity index (χ0v) is 18.5. The molecule has 0 radical (unpaired) electrons. The Morgan fingerprint density at radius 2 is 1.77 bits per heavy atom. The minimum Gasteiger partial charge on any atom is -0.677 e. The van der Waals surface area contributed by atoms with E-state index in [9.17, 15) is 14.4 Å². The van der Waals surface area contributed by atoms with Crippen LogP contribution >= 0.6 is 0 Å². The molecule has 158 valence electrons. The molecule has 1 aliphatic rings. The summed E-state index contributed by atoms with van der Waals surface area (Å²) < 4.78 is 0. The number of carbonyl (C=O) groups excluding carboxylic acids is 3. The van der Waals surface area contributed by atoms with Gasteiger partial charge < -0.3 is 25.3 Å². The van der Waals surface area contributed by atoms with E-state index in [1.54, 1.807) is 4.90 Å². The van der Waals surface area contributed by atoms with Crippen LogP contribution in [0.5, 0.6) is 0 Å². The van der Waals surface area contributed by atoms with Crippen molar-refractivity contribution in [3.05, 3.63) is 5.73 Å². The molecule has 8 heteroatoms. The van der Waals surface area contributed by atoms with Crippen LogP contribution in [0, 0.1) is 11.3 Å². The Kier molecular flexibility index (Phi) is 19.1. The van der Waals surface area contributed by atoms with E-state index in [0.717, 1.165) is 19.7 Å². The van der Waals surface area contributed by atoms with Gasteiger partial charge in [0.1, 0.15) is 12.6 Å². The maximum Gasteiger partial charge on any atom is 0.220 e. The summed E-state index contributed by atoms with van der Waals surface area (Å²) in [4.78, 5) is 37.7. The maximum atomic E-state index is 11.6. The Morgan fingerprint density at radius 1 is 1.27 bits per heavy atom. The third kappa shape index (κ3) is 9.34. The molecule has 0 saturated carbocycles. The van der Waals surface area contributed by atoms with Gasteiger partial charge in [0.05, 0.1) is 11.5 Å². The van der Waals surface area contributed by atoms with Crippen LogP contribution in [0.4, 0.5) is 0 Å². The molecular weight excluding hydrogens is 429 g/mol. The second-order valence-corrected chi connectivity index (χ2v) is 6.33. The summed E-state index contributed by atoms with van der Waals surface area (Å²) in [5.74, 6) is 0.181. The van der Waals surface area contributed by atoms with Crippen LogP contribution in [-0.2, 0) is 34.8 Å². The molecule has 1 rings (SSSR count). The third-order valence-corrected chi connectivity index (χ3v) is 4.25. The van der Waals surface area contributed by atoms with Gasteiger partial charge in [0.2, 0.25) is 5.91 Å². The first-order valence-electron chi connectivity index (χ1n) is 8.88. The monoisotopic (exact) mass is 464 g/mol. The standard InChI is InChI=1S/C15H26N3O3.C2H6.CH4O.Pd/c1-12(2)13(8-19)17(3)7-5-15(11-20)9-18(10-15)14(21)4-6-16;2*1-2;/h8,11-13,16H,4-7,9-10H2,1-3H3;1-2H3;2H,1H3;/q-1;;;. The van der Waals surface area contributed by atoms with E-state index in [0.29, 0.717) is 26.1 Å². The largest absolute Gasteiger partial charge is 0.677 e. The van der Waals surface area contributed by atoms with Crippen molar-refractivity contribution < 1.29 is 39.9 Å².